The van der Waals surface area contributed by atoms with Gasteiger partial charge in [0, 0.05) is 35.4 Å². The topological polar surface area (TPSA) is 45.5 Å². The smallest absolute Gasteiger partial charge is 0.369 e. The number of likely N-dealkylation sites (N-methyl/N-ethyl adjacent to an activating group) is 1. The number of hydrogen-bond donors (Lipinski definition) is 1. The molecule has 0 aliphatic heterocycles. The summed E-state index contributed by atoms with van der Waals surface area (Å²) in [6, 6.07) is 8.06. The lowest BCUT2D eigenvalue weighted by atomic mass is 10.1. The van der Waals surface area contributed by atoms with Gasteiger partial charge in [0.25, 0.3) is 0 Å². The van der Waals surface area contributed by atoms with E-state index in [1.54, 1.807) is 31.2 Å². The summed E-state index contributed by atoms with van der Waals surface area (Å²) < 4.78 is 42.4. The van der Waals surface area contributed by atoms with Gasteiger partial charge in [0.1, 0.15) is 5.82 Å². The Bertz CT molecular complexity index is 966. The van der Waals surface area contributed by atoms with E-state index in [-0.39, 0.29) is 21.8 Å². The fourth-order valence-electron chi connectivity index (χ4n) is 2.78. The molecule has 5 nitrogen and oxygen atoms in total. The minimum absolute atomic E-state index is 0.114. The van der Waals surface area contributed by atoms with Crippen molar-refractivity contribution in [3.8, 4) is 11.1 Å². The second-order valence-corrected chi connectivity index (χ2v) is 6.86. The molecule has 0 bridgehead atoms. The highest BCUT2D eigenvalue weighted by Crippen LogP contribution is 2.41. The van der Waals surface area contributed by atoms with E-state index in [1.165, 1.54) is 10.6 Å². The van der Waals surface area contributed by atoms with Crippen LogP contribution < -0.4 is 5.32 Å². The lowest BCUT2D eigenvalue weighted by Crippen LogP contribution is -2.22. The summed E-state index contributed by atoms with van der Waals surface area (Å²) in [5.74, 6) is 0.447. The molecule has 1 N–H and O–H groups in total. The lowest BCUT2D eigenvalue weighted by molar-refractivity contribution is -0.140. The van der Waals surface area contributed by atoms with Gasteiger partial charge >= 0.3 is 6.18 Å². The first-order valence-electron chi connectivity index (χ1n) is 8.29. The van der Waals surface area contributed by atoms with Gasteiger partial charge in [-0.05, 0) is 27.1 Å². The number of nitrogens with zero attached hydrogens (tertiary/aromatic N) is 4. The fraction of sp³-hybridized carbons (Fsp3) is 0.333. The molecule has 144 valence electrons. The number of halogens is 4. The number of nitrogens with one attached hydrogen (secondary N) is 1. The van der Waals surface area contributed by atoms with Crippen molar-refractivity contribution < 1.29 is 13.2 Å². The molecule has 3 rings (SSSR count). The van der Waals surface area contributed by atoms with Gasteiger partial charge in [-0.25, -0.2) is 4.98 Å². The number of rotatable bonds is 5. The number of aryl methyl sites for hydroxylation is 1. The molecular weight excluding hydrogens is 379 g/mol. The number of hydrogen-bond acceptors (Lipinski definition) is 4. The van der Waals surface area contributed by atoms with Gasteiger partial charge in [-0.15, -0.1) is 0 Å². The highest BCUT2D eigenvalue weighted by Gasteiger charge is 2.39. The maximum absolute atomic E-state index is 13.7. The summed E-state index contributed by atoms with van der Waals surface area (Å²) in [4.78, 5) is 6.29. The molecule has 0 unspecified atom stereocenters. The largest absolute Gasteiger partial charge is 0.435 e. The highest BCUT2D eigenvalue weighted by molar-refractivity contribution is 6.33. The molecule has 2 heterocycles. The van der Waals surface area contributed by atoms with Crippen LogP contribution in [0.3, 0.4) is 0 Å². The van der Waals surface area contributed by atoms with Gasteiger partial charge in [0.2, 0.25) is 0 Å². The number of aromatic nitrogens is 3. The van der Waals surface area contributed by atoms with Crippen molar-refractivity contribution in [2.75, 3.05) is 32.5 Å². The zero-order chi connectivity index (χ0) is 19.8. The van der Waals surface area contributed by atoms with Crippen molar-refractivity contribution in [2.45, 2.75) is 13.1 Å². The molecule has 0 aliphatic carbocycles. The lowest BCUT2D eigenvalue weighted by Gasteiger charge is -2.13. The molecule has 27 heavy (non-hydrogen) atoms. The third-order valence-corrected chi connectivity index (χ3v) is 4.32. The average molecular weight is 398 g/mol. The van der Waals surface area contributed by atoms with E-state index < -0.39 is 11.9 Å². The normalized spacial score (nSPS) is 12.1. The SMILES string of the molecule is Cc1cc(NCCN(C)C)n2nc(C(F)(F)F)c(-c3ccccc3Cl)c2n1. The molecule has 0 saturated heterocycles. The Balaban J connectivity index is 2.24. The monoisotopic (exact) mass is 397 g/mol. The van der Waals surface area contributed by atoms with Crippen LogP contribution in [0.15, 0.2) is 30.3 Å². The maximum Gasteiger partial charge on any atom is 0.435 e. The van der Waals surface area contributed by atoms with Crippen LogP contribution in [0.5, 0.6) is 0 Å². The van der Waals surface area contributed by atoms with Crippen LogP contribution >= 0.6 is 11.6 Å². The molecule has 9 heteroatoms. The van der Waals surface area contributed by atoms with Crippen molar-refractivity contribution in [3.63, 3.8) is 0 Å². The van der Waals surface area contributed by atoms with Crippen LogP contribution in [0.2, 0.25) is 5.02 Å². The van der Waals surface area contributed by atoms with Crippen LogP contribution in [0, 0.1) is 6.92 Å². The fourth-order valence-corrected chi connectivity index (χ4v) is 3.01. The Labute approximate surface area is 159 Å². The van der Waals surface area contributed by atoms with Gasteiger partial charge in [-0.1, -0.05) is 29.8 Å². The first-order valence-corrected chi connectivity index (χ1v) is 8.67. The van der Waals surface area contributed by atoms with Crippen molar-refractivity contribution in [1.82, 2.24) is 19.5 Å². The number of fused-ring (bicyclic) bond motifs is 1. The first-order chi connectivity index (χ1) is 12.7. The van der Waals surface area contributed by atoms with E-state index in [0.29, 0.717) is 24.6 Å². The van der Waals surface area contributed by atoms with Gasteiger partial charge in [0.05, 0.1) is 5.56 Å². The van der Waals surface area contributed by atoms with Gasteiger partial charge in [-0.3, -0.25) is 0 Å². The van der Waals surface area contributed by atoms with Crippen molar-refractivity contribution in [2.24, 2.45) is 0 Å². The van der Waals surface area contributed by atoms with E-state index in [4.69, 9.17) is 11.6 Å². The third kappa shape index (κ3) is 4.01. The molecule has 2 aromatic heterocycles. The zero-order valence-electron chi connectivity index (χ0n) is 15.1. The molecule has 0 fully saturated rings. The molecule has 0 saturated carbocycles. The van der Waals surface area contributed by atoms with Crippen LogP contribution in [0.1, 0.15) is 11.4 Å². The van der Waals surface area contributed by atoms with Gasteiger partial charge < -0.3 is 10.2 Å². The predicted molar refractivity (Wildman–Crippen MR) is 100 cm³/mol. The standard InChI is InChI=1S/C18H19ClF3N5/c1-11-10-14(23-8-9-26(2)3)27-17(24-11)15(16(25-27)18(20,21)22)12-6-4-5-7-13(12)19/h4-7,10,23H,8-9H2,1-3H3. The molecule has 3 aromatic rings. The number of benzene rings is 1. The molecule has 0 spiro atoms. The Hall–Kier alpha value is -2.32. The molecule has 0 aliphatic rings. The van der Waals surface area contributed by atoms with E-state index in [9.17, 15) is 13.2 Å². The summed E-state index contributed by atoms with van der Waals surface area (Å²) in [6.45, 7) is 3.00. The third-order valence-electron chi connectivity index (χ3n) is 3.99. The van der Waals surface area contributed by atoms with E-state index in [1.807, 2.05) is 19.0 Å². The number of alkyl halides is 3. The van der Waals surface area contributed by atoms with E-state index >= 15 is 0 Å². The average Bonchev–Trinajstić information content (AvgIpc) is 2.94. The number of anilines is 1. The van der Waals surface area contributed by atoms with E-state index in [2.05, 4.69) is 15.4 Å². The highest BCUT2D eigenvalue weighted by atomic mass is 35.5. The Morgan fingerprint density at radius 3 is 2.56 bits per heavy atom. The predicted octanol–water partition coefficient (Wildman–Crippen LogP) is 4.35. The van der Waals surface area contributed by atoms with E-state index in [0.717, 1.165) is 0 Å². The molecule has 0 amide bonds. The Morgan fingerprint density at radius 1 is 1.22 bits per heavy atom. The second-order valence-electron chi connectivity index (χ2n) is 6.45. The van der Waals surface area contributed by atoms with Crippen molar-refractivity contribution in [1.29, 1.82) is 0 Å². The molecule has 0 atom stereocenters. The zero-order valence-corrected chi connectivity index (χ0v) is 15.9. The Kier molecular flexibility index (Phi) is 5.30. The summed E-state index contributed by atoms with van der Waals surface area (Å²) >= 11 is 6.18. The van der Waals surface area contributed by atoms with Crippen molar-refractivity contribution >= 4 is 23.1 Å². The van der Waals surface area contributed by atoms with Gasteiger partial charge in [0.15, 0.2) is 11.3 Å². The van der Waals surface area contributed by atoms with Crippen LogP contribution in [0.25, 0.3) is 16.8 Å². The second kappa shape index (κ2) is 7.36. The summed E-state index contributed by atoms with van der Waals surface area (Å²) in [7, 11) is 3.83. The van der Waals surface area contributed by atoms with Crippen molar-refractivity contribution in [3.05, 3.63) is 46.7 Å². The first kappa shape index (κ1) is 19.4. The summed E-state index contributed by atoms with van der Waals surface area (Å²) in [6.07, 6.45) is -4.64. The summed E-state index contributed by atoms with van der Waals surface area (Å²) in [5, 5.41) is 7.18. The minimum Gasteiger partial charge on any atom is -0.369 e. The Morgan fingerprint density at radius 2 is 1.93 bits per heavy atom. The molecule has 1 aromatic carbocycles. The van der Waals surface area contributed by atoms with Gasteiger partial charge in [-0.2, -0.15) is 22.8 Å². The molecular formula is C18H19ClF3N5. The summed E-state index contributed by atoms with van der Waals surface area (Å²) in [5.41, 5.74) is -0.185. The van der Waals surface area contributed by atoms with Crippen LogP contribution in [-0.2, 0) is 6.18 Å². The maximum atomic E-state index is 13.7. The van der Waals surface area contributed by atoms with Crippen LogP contribution in [-0.4, -0.2) is 46.7 Å². The molecule has 0 radical (unpaired) electrons. The van der Waals surface area contributed by atoms with Crippen LogP contribution in [0.4, 0.5) is 19.0 Å². The quantitative estimate of drug-likeness (QED) is 0.695. The minimum atomic E-state index is -4.64.